The molecule has 7 nitrogen and oxygen atoms in total. The van der Waals surface area contributed by atoms with Crippen molar-refractivity contribution in [1.82, 2.24) is 10.6 Å². The number of aliphatic imine (C=N–C) groups is 1. The lowest BCUT2D eigenvalue weighted by atomic mass is 9.91. The molecule has 4 N–H and O–H groups in total. The van der Waals surface area contributed by atoms with Crippen LogP contribution in [0.3, 0.4) is 0 Å². The van der Waals surface area contributed by atoms with Gasteiger partial charge in [-0.25, -0.2) is 0 Å². The molecule has 1 rings (SSSR count). The average Bonchev–Trinajstić information content (AvgIpc) is 2.44. The number of thioether (sulfide) groups is 1. The van der Waals surface area contributed by atoms with Gasteiger partial charge in [0.15, 0.2) is 0 Å². The largest absolute Gasteiger partial charge is 0.345 e. The monoisotopic (exact) mass is 362 g/mol. The molecule has 23 heavy (non-hydrogen) atoms. The Balaban J connectivity index is 0.00000484. The molecular formula is C14H23ClN4O3S. The summed E-state index contributed by atoms with van der Waals surface area (Å²) in [5, 5.41) is 6.20. The Morgan fingerprint density at radius 3 is 2.61 bits per heavy atom. The lowest BCUT2D eigenvalue weighted by Gasteiger charge is -2.25. The van der Waals surface area contributed by atoms with E-state index in [9.17, 15) is 14.4 Å². The van der Waals surface area contributed by atoms with Gasteiger partial charge in [0.25, 0.3) is 5.91 Å². The van der Waals surface area contributed by atoms with Crippen molar-refractivity contribution < 1.29 is 14.4 Å². The van der Waals surface area contributed by atoms with Gasteiger partial charge in [0, 0.05) is 17.4 Å². The summed E-state index contributed by atoms with van der Waals surface area (Å²) in [7, 11) is 0. The second-order valence-electron chi connectivity index (χ2n) is 5.72. The van der Waals surface area contributed by atoms with Crippen molar-refractivity contribution in [2.75, 3.05) is 12.3 Å². The van der Waals surface area contributed by atoms with Gasteiger partial charge in [0.05, 0.1) is 12.1 Å². The van der Waals surface area contributed by atoms with Crippen LogP contribution in [0.25, 0.3) is 0 Å². The van der Waals surface area contributed by atoms with Crippen LogP contribution in [0.4, 0.5) is 0 Å². The first-order chi connectivity index (χ1) is 10.2. The van der Waals surface area contributed by atoms with E-state index >= 15 is 0 Å². The van der Waals surface area contributed by atoms with E-state index in [1.807, 2.05) is 13.8 Å². The molecular weight excluding hydrogens is 340 g/mol. The zero-order valence-electron chi connectivity index (χ0n) is 13.4. The molecule has 9 heteroatoms. The Morgan fingerprint density at radius 2 is 2.09 bits per heavy atom. The second kappa shape index (κ2) is 9.69. The number of hydrogen-bond donors (Lipinski definition) is 3. The fraction of sp³-hybridized carbons (Fsp3) is 0.571. The second-order valence-corrected chi connectivity index (χ2v) is 6.63. The van der Waals surface area contributed by atoms with E-state index in [2.05, 4.69) is 15.6 Å². The molecule has 0 aliphatic carbocycles. The molecule has 0 aromatic rings. The fourth-order valence-electron chi connectivity index (χ4n) is 1.99. The van der Waals surface area contributed by atoms with E-state index in [0.717, 1.165) is 0 Å². The van der Waals surface area contributed by atoms with E-state index in [1.54, 1.807) is 18.5 Å². The average molecular weight is 363 g/mol. The number of nitrogens with two attached hydrogens (primary N) is 1. The van der Waals surface area contributed by atoms with Gasteiger partial charge < -0.3 is 11.1 Å². The molecule has 1 aliphatic rings. The number of nitrogens with zero attached hydrogens (tertiary/aromatic N) is 1. The Hall–Kier alpha value is -1.38. The summed E-state index contributed by atoms with van der Waals surface area (Å²) in [5.74, 6) is -0.657. The van der Waals surface area contributed by atoms with Gasteiger partial charge in [-0.2, -0.15) is 0 Å². The number of imide groups is 1. The summed E-state index contributed by atoms with van der Waals surface area (Å²) in [5.41, 5.74) is 5.05. The van der Waals surface area contributed by atoms with Crippen molar-refractivity contribution in [3.63, 3.8) is 0 Å². The minimum atomic E-state index is -1.05. The highest BCUT2D eigenvalue weighted by atomic mass is 35.5. The molecule has 130 valence electrons. The van der Waals surface area contributed by atoms with Crippen molar-refractivity contribution in [3.8, 4) is 0 Å². The van der Waals surface area contributed by atoms with Gasteiger partial charge in [-0.1, -0.05) is 13.8 Å². The van der Waals surface area contributed by atoms with Crippen LogP contribution in [0.5, 0.6) is 0 Å². The molecule has 0 aromatic heterocycles. The summed E-state index contributed by atoms with van der Waals surface area (Å²) in [6.07, 6.45) is 2.09. The van der Waals surface area contributed by atoms with Crippen LogP contribution in [-0.2, 0) is 14.4 Å². The highest BCUT2D eigenvalue weighted by Crippen LogP contribution is 2.13. The maximum absolute atomic E-state index is 12.0. The van der Waals surface area contributed by atoms with Crippen molar-refractivity contribution in [1.29, 1.82) is 0 Å². The van der Waals surface area contributed by atoms with E-state index < -0.39 is 23.3 Å². The van der Waals surface area contributed by atoms with Gasteiger partial charge in [-0.05, 0) is 19.3 Å². The van der Waals surface area contributed by atoms with Crippen molar-refractivity contribution >= 4 is 48.1 Å². The quantitative estimate of drug-likeness (QED) is 0.640. The topological polar surface area (TPSA) is 114 Å². The molecule has 0 bridgehead atoms. The summed E-state index contributed by atoms with van der Waals surface area (Å²) >= 11 is 1.42. The summed E-state index contributed by atoms with van der Waals surface area (Å²) in [6.45, 7) is 5.23. The Kier molecular flexibility index (Phi) is 9.11. The van der Waals surface area contributed by atoms with Crippen LogP contribution >= 0.6 is 24.2 Å². The third-order valence-electron chi connectivity index (χ3n) is 2.84. The predicted octanol–water partition coefficient (Wildman–Crippen LogP) is 0.590. The van der Waals surface area contributed by atoms with Gasteiger partial charge in [0.2, 0.25) is 11.8 Å². The molecule has 3 amide bonds. The molecule has 0 aromatic carbocycles. The zero-order valence-corrected chi connectivity index (χ0v) is 15.1. The predicted molar refractivity (Wildman–Crippen MR) is 94.5 cm³/mol. The molecule has 0 radical (unpaired) electrons. The minimum absolute atomic E-state index is 0. The smallest absolute Gasteiger partial charge is 0.276 e. The van der Waals surface area contributed by atoms with E-state index in [0.29, 0.717) is 12.2 Å². The first-order valence-electron chi connectivity index (χ1n) is 6.98. The Bertz CT molecular complexity index is 518. The van der Waals surface area contributed by atoms with Crippen molar-refractivity contribution in [3.05, 3.63) is 11.1 Å². The standard InChI is InChI=1S/C14H22N4O3S.ClH/c1-9(2)6-14(3,15)13(21)17-7-11(19)18-12(20)10-8-22-5-4-16-10;/h4,8-9H,5-7,15H2,1-3H3,(H,17,21)(H,18,19,20);1H/t14-;/m0./s1. The molecule has 0 saturated carbocycles. The summed E-state index contributed by atoms with van der Waals surface area (Å²) < 4.78 is 0. The van der Waals surface area contributed by atoms with Crippen LogP contribution in [0, 0.1) is 5.92 Å². The highest BCUT2D eigenvalue weighted by Gasteiger charge is 2.29. The van der Waals surface area contributed by atoms with E-state index in [-0.39, 0.29) is 30.6 Å². The third-order valence-corrected chi connectivity index (χ3v) is 3.57. The molecule has 0 saturated heterocycles. The summed E-state index contributed by atoms with van der Waals surface area (Å²) in [4.78, 5) is 39.3. The SMILES string of the molecule is CC(C)C[C@](C)(N)C(=O)NCC(=O)NC(=O)C1=CSCC=N1.Cl. The number of amides is 3. The first-order valence-corrected chi connectivity index (χ1v) is 8.03. The molecule has 1 atom stereocenters. The van der Waals surface area contributed by atoms with Crippen LogP contribution in [0.2, 0.25) is 0 Å². The number of rotatable bonds is 6. The van der Waals surface area contributed by atoms with Gasteiger partial charge in [0.1, 0.15) is 5.70 Å². The number of halogens is 1. The number of hydrogen-bond acceptors (Lipinski definition) is 6. The van der Waals surface area contributed by atoms with Crippen LogP contribution in [0.15, 0.2) is 16.1 Å². The molecule has 0 spiro atoms. The van der Waals surface area contributed by atoms with Crippen molar-refractivity contribution in [2.24, 2.45) is 16.6 Å². The lowest BCUT2D eigenvalue weighted by Crippen LogP contribution is -2.54. The van der Waals surface area contributed by atoms with E-state index in [1.165, 1.54) is 11.8 Å². The Labute approximate surface area is 146 Å². The lowest BCUT2D eigenvalue weighted by molar-refractivity contribution is -0.132. The van der Waals surface area contributed by atoms with Crippen LogP contribution in [0.1, 0.15) is 27.2 Å². The first kappa shape index (κ1) is 21.6. The summed E-state index contributed by atoms with van der Waals surface area (Å²) in [6, 6.07) is 0. The van der Waals surface area contributed by atoms with E-state index in [4.69, 9.17) is 5.73 Å². The normalized spacial score (nSPS) is 16.0. The maximum atomic E-state index is 12.0. The molecule has 1 aliphatic heterocycles. The van der Waals surface area contributed by atoms with Crippen LogP contribution < -0.4 is 16.4 Å². The van der Waals surface area contributed by atoms with Gasteiger partial charge >= 0.3 is 0 Å². The zero-order chi connectivity index (χ0) is 16.8. The number of carbonyl (C=O) groups is 3. The van der Waals surface area contributed by atoms with Gasteiger partial charge in [-0.15, -0.1) is 24.2 Å². The Morgan fingerprint density at radius 1 is 1.43 bits per heavy atom. The molecule has 0 unspecified atom stereocenters. The number of carbonyl (C=O) groups excluding carboxylic acids is 3. The highest BCUT2D eigenvalue weighted by molar-refractivity contribution is 8.02. The molecule has 1 heterocycles. The fourth-order valence-corrected chi connectivity index (χ4v) is 2.57. The maximum Gasteiger partial charge on any atom is 0.276 e. The number of nitrogens with one attached hydrogen (secondary N) is 2. The van der Waals surface area contributed by atoms with Gasteiger partial charge in [-0.3, -0.25) is 24.7 Å². The third kappa shape index (κ3) is 7.62. The van der Waals surface area contributed by atoms with Crippen LogP contribution in [-0.4, -0.2) is 41.8 Å². The van der Waals surface area contributed by atoms with Crippen molar-refractivity contribution in [2.45, 2.75) is 32.7 Å². The minimum Gasteiger partial charge on any atom is -0.345 e. The molecule has 0 fully saturated rings.